The molecule has 1 fully saturated rings. The van der Waals surface area contributed by atoms with Gasteiger partial charge in [-0.05, 0) is 35.4 Å². The van der Waals surface area contributed by atoms with Crippen molar-refractivity contribution in [3.05, 3.63) is 69.2 Å². The summed E-state index contributed by atoms with van der Waals surface area (Å²) in [5.74, 6) is 0. The summed E-state index contributed by atoms with van der Waals surface area (Å²) in [6, 6.07) is 17.1. The smallest absolute Gasteiger partial charge is 0.0602 e. The first-order chi connectivity index (χ1) is 10.2. The molecule has 4 heteroatoms. The van der Waals surface area contributed by atoms with Crippen LogP contribution >= 0.6 is 27.5 Å². The lowest BCUT2D eigenvalue weighted by molar-refractivity contribution is 0.198. The highest BCUT2D eigenvalue weighted by Crippen LogP contribution is 2.30. The minimum Gasteiger partial charge on any atom is -0.314 e. The molecule has 1 saturated heterocycles. The van der Waals surface area contributed by atoms with Crippen LogP contribution in [-0.2, 0) is 0 Å². The molecule has 2 aromatic carbocycles. The minimum absolute atomic E-state index is 0.289. The third-order valence-electron chi connectivity index (χ3n) is 3.89. The Morgan fingerprint density at radius 2 is 1.43 bits per heavy atom. The molecule has 1 heterocycles. The maximum Gasteiger partial charge on any atom is 0.0602 e. The van der Waals surface area contributed by atoms with Crippen LogP contribution in [0.15, 0.2) is 53.0 Å². The first kappa shape index (κ1) is 15.0. The summed E-state index contributed by atoms with van der Waals surface area (Å²) < 4.78 is 1.11. The predicted molar refractivity (Wildman–Crippen MR) is 91.9 cm³/mol. The van der Waals surface area contributed by atoms with Crippen LogP contribution in [0.1, 0.15) is 17.2 Å². The Hall–Kier alpha value is -0.870. The molecule has 0 radical (unpaired) electrons. The zero-order valence-corrected chi connectivity index (χ0v) is 14.1. The number of nitrogens with one attached hydrogen (secondary N) is 1. The Bertz CT molecular complexity index is 531. The van der Waals surface area contributed by atoms with Crippen LogP contribution in [0, 0.1) is 0 Å². The second-order valence-corrected chi connectivity index (χ2v) is 6.64. The van der Waals surface area contributed by atoms with Crippen molar-refractivity contribution in [2.75, 3.05) is 26.2 Å². The van der Waals surface area contributed by atoms with Gasteiger partial charge in [-0.15, -0.1) is 0 Å². The topological polar surface area (TPSA) is 15.3 Å². The summed E-state index contributed by atoms with van der Waals surface area (Å²) in [5, 5.41) is 4.21. The van der Waals surface area contributed by atoms with E-state index in [1.807, 2.05) is 12.1 Å². The molecule has 110 valence electrons. The molecule has 0 amide bonds. The van der Waals surface area contributed by atoms with E-state index in [1.165, 1.54) is 11.1 Å². The van der Waals surface area contributed by atoms with Crippen molar-refractivity contribution in [3.8, 4) is 0 Å². The average molecular weight is 366 g/mol. The van der Waals surface area contributed by atoms with Crippen LogP contribution in [-0.4, -0.2) is 31.1 Å². The normalized spacial score (nSPS) is 17.6. The van der Waals surface area contributed by atoms with Crippen molar-refractivity contribution in [3.63, 3.8) is 0 Å². The Balaban J connectivity index is 1.97. The Kier molecular flexibility index (Phi) is 4.96. The predicted octanol–water partition coefficient (Wildman–Crippen LogP) is 4.10. The lowest BCUT2D eigenvalue weighted by atomic mass is 9.96. The highest BCUT2D eigenvalue weighted by Gasteiger charge is 2.23. The van der Waals surface area contributed by atoms with Gasteiger partial charge in [0.2, 0.25) is 0 Å². The number of piperazine rings is 1. The molecule has 0 saturated carbocycles. The quantitative estimate of drug-likeness (QED) is 0.881. The third kappa shape index (κ3) is 3.67. The van der Waals surface area contributed by atoms with Gasteiger partial charge in [0.25, 0.3) is 0 Å². The first-order valence-corrected chi connectivity index (χ1v) is 8.37. The second kappa shape index (κ2) is 6.93. The largest absolute Gasteiger partial charge is 0.314 e. The molecule has 2 nitrogen and oxygen atoms in total. The van der Waals surface area contributed by atoms with Crippen LogP contribution < -0.4 is 5.32 Å². The van der Waals surface area contributed by atoms with E-state index >= 15 is 0 Å². The summed E-state index contributed by atoms with van der Waals surface area (Å²) in [6.07, 6.45) is 0. The number of hydrogen-bond acceptors (Lipinski definition) is 2. The van der Waals surface area contributed by atoms with Crippen LogP contribution in [0.2, 0.25) is 5.02 Å². The molecular weight excluding hydrogens is 348 g/mol. The van der Waals surface area contributed by atoms with Crippen LogP contribution in [0.25, 0.3) is 0 Å². The van der Waals surface area contributed by atoms with E-state index in [1.54, 1.807) is 0 Å². The van der Waals surface area contributed by atoms with Crippen molar-refractivity contribution < 1.29 is 0 Å². The summed E-state index contributed by atoms with van der Waals surface area (Å²) >= 11 is 9.55. The van der Waals surface area contributed by atoms with Crippen molar-refractivity contribution in [1.82, 2.24) is 10.2 Å². The van der Waals surface area contributed by atoms with E-state index in [2.05, 4.69) is 62.5 Å². The van der Waals surface area contributed by atoms with Gasteiger partial charge in [-0.25, -0.2) is 0 Å². The van der Waals surface area contributed by atoms with Gasteiger partial charge in [-0.2, -0.15) is 0 Å². The van der Waals surface area contributed by atoms with Gasteiger partial charge in [-0.3, -0.25) is 4.90 Å². The molecule has 0 bridgehead atoms. The van der Waals surface area contributed by atoms with Crippen molar-refractivity contribution >= 4 is 27.5 Å². The number of rotatable bonds is 3. The standard InChI is InChI=1S/C17H18BrClN2/c18-15-5-1-13(2-6-15)17(21-11-9-20-10-12-21)14-3-7-16(19)8-4-14/h1-8,17,20H,9-12H2/t17-/m1/s1. The number of benzene rings is 2. The number of halogens is 2. The average Bonchev–Trinajstić information content (AvgIpc) is 2.52. The first-order valence-electron chi connectivity index (χ1n) is 7.20. The summed E-state index contributed by atoms with van der Waals surface area (Å²) in [4.78, 5) is 2.53. The fourth-order valence-corrected chi connectivity index (χ4v) is 3.23. The molecule has 2 aromatic rings. The maximum absolute atomic E-state index is 6.04. The summed E-state index contributed by atoms with van der Waals surface area (Å²) in [7, 11) is 0. The van der Waals surface area contributed by atoms with Crippen LogP contribution in [0.3, 0.4) is 0 Å². The lowest BCUT2D eigenvalue weighted by Crippen LogP contribution is -2.45. The van der Waals surface area contributed by atoms with Crippen molar-refractivity contribution in [1.29, 1.82) is 0 Å². The molecule has 0 aromatic heterocycles. The van der Waals surface area contributed by atoms with E-state index in [0.717, 1.165) is 35.7 Å². The monoisotopic (exact) mass is 364 g/mol. The van der Waals surface area contributed by atoms with Crippen LogP contribution in [0.5, 0.6) is 0 Å². The van der Waals surface area contributed by atoms with Gasteiger partial charge in [-0.1, -0.05) is 51.8 Å². The zero-order chi connectivity index (χ0) is 14.7. The molecule has 0 unspecified atom stereocenters. The molecule has 1 aliphatic rings. The van der Waals surface area contributed by atoms with E-state index in [4.69, 9.17) is 11.6 Å². The van der Waals surface area contributed by atoms with Gasteiger partial charge in [0.05, 0.1) is 6.04 Å². The fourth-order valence-electron chi connectivity index (χ4n) is 2.84. The van der Waals surface area contributed by atoms with Gasteiger partial charge in [0.15, 0.2) is 0 Å². The number of nitrogens with zero attached hydrogens (tertiary/aromatic N) is 1. The highest BCUT2D eigenvalue weighted by molar-refractivity contribution is 9.10. The van der Waals surface area contributed by atoms with Gasteiger partial charge >= 0.3 is 0 Å². The molecular formula is C17H18BrClN2. The van der Waals surface area contributed by atoms with Gasteiger partial charge in [0, 0.05) is 35.7 Å². The number of hydrogen-bond donors (Lipinski definition) is 1. The summed E-state index contributed by atoms with van der Waals surface area (Å²) in [6.45, 7) is 4.20. The zero-order valence-electron chi connectivity index (χ0n) is 11.7. The lowest BCUT2D eigenvalue weighted by Gasteiger charge is -2.35. The molecule has 1 atom stereocenters. The molecule has 0 spiro atoms. The van der Waals surface area contributed by atoms with E-state index < -0.39 is 0 Å². The maximum atomic E-state index is 6.04. The minimum atomic E-state index is 0.289. The molecule has 1 aliphatic heterocycles. The fraction of sp³-hybridized carbons (Fsp3) is 0.294. The van der Waals surface area contributed by atoms with Gasteiger partial charge in [0.1, 0.15) is 0 Å². The molecule has 21 heavy (non-hydrogen) atoms. The van der Waals surface area contributed by atoms with Crippen molar-refractivity contribution in [2.45, 2.75) is 6.04 Å². The van der Waals surface area contributed by atoms with E-state index in [9.17, 15) is 0 Å². The second-order valence-electron chi connectivity index (χ2n) is 5.29. The molecule has 3 rings (SSSR count). The highest BCUT2D eigenvalue weighted by atomic mass is 79.9. The SMILES string of the molecule is Clc1ccc([C@@H](c2ccc(Br)cc2)N2CCNCC2)cc1. The van der Waals surface area contributed by atoms with E-state index in [-0.39, 0.29) is 6.04 Å². The van der Waals surface area contributed by atoms with E-state index in [0.29, 0.717) is 0 Å². The van der Waals surface area contributed by atoms with Gasteiger partial charge < -0.3 is 5.32 Å². The Labute approximate surface area is 139 Å². The molecule has 0 aliphatic carbocycles. The van der Waals surface area contributed by atoms with Crippen molar-refractivity contribution in [2.24, 2.45) is 0 Å². The molecule has 1 N–H and O–H groups in total. The Morgan fingerprint density at radius 3 is 2.00 bits per heavy atom. The third-order valence-corrected chi connectivity index (χ3v) is 4.67. The Morgan fingerprint density at radius 1 is 0.905 bits per heavy atom. The van der Waals surface area contributed by atoms with Crippen LogP contribution in [0.4, 0.5) is 0 Å². The summed E-state index contributed by atoms with van der Waals surface area (Å²) in [5.41, 5.74) is 2.62.